The number of anilines is 1. The molecule has 0 aliphatic rings. The molecule has 0 saturated heterocycles. The number of hydrogen-bond donors (Lipinski definition) is 1. The van der Waals surface area contributed by atoms with Crippen molar-refractivity contribution in [3.63, 3.8) is 0 Å². The highest BCUT2D eigenvalue weighted by Gasteiger charge is 2.18. The Balaban J connectivity index is 1.44. The van der Waals surface area contributed by atoms with Gasteiger partial charge < -0.3 is 10.2 Å². The van der Waals surface area contributed by atoms with E-state index in [1.54, 1.807) is 40.5 Å². The molecule has 2 amide bonds. The first-order valence-corrected chi connectivity index (χ1v) is 12.8. The minimum absolute atomic E-state index is 0.0137. The van der Waals surface area contributed by atoms with Crippen molar-refractivity contribution in [2.24, 2.45) is 0 Å². The van der Waals surface area contributed by atoms with Crippen LogP contribution >= 0.6 is 23.1 Å². The number of amides is 2. The molecule has 0 atom stereocenters. The van der Waals surface area contributed by atoms with Crippen molar-refractivity contribution in [2.45, 2.75) is 19.0 Å². The Morgan fingerprint density at radius 2 is 1.71 bits per heavy atom. The van der Waals surface area contributed by atoms with E-state index in [2.05, 4.69) is 15.5 Å². The monoisotopic (exact) mass is 491 g/mol. The molecular weight excluding hydrogens is 466 g/mol. The van der Waals surface area contributed by atoms with Gasteiger partial charge in [0.25, 0.3) is 5.91 Å². The largest absolute Gasteiger partial charge is 0.339 e. The molecule has 0 aliphatic carbocycles. The Bertz CT molecular complexity index is 1230. The van der Waals surface area contributed by atoms with E-state index in [0.29, 0.717) is 29.5 Å². The van der Waals surface area contributed by atoms with Gasteiger partial charge in [-0.05, 0) is 61.7 Å². The molecule has 0 spiro atoms. The summed E-state index contributed by atoms with van der Waals surface area (Å²) in [6.07, 6.45) is 0. The van der Waals surface area contributed by atoms with Crippen LogP contribution < -0.4 is 5.32 Å². The molecule has 2 aromatic carbocycles. The Kier molecular flexibility index (Phi) is 7.76. The smallest absolute Gasteiger partial charge is 0.253 e. The van der Waals surface area contributed by atoms with Crippen LogP contribution in [-0.4, -0.2) is 50.3 Å². The predicted octanol–water partition coefficient (Wildman–Crippen LogP) is 5.21. The third-order valence-electron chi connectivity index (χ3n) is 5.19. The summed E-state index contributed by atoms with van der Waals surface area (Å²) >= 11 is 2.92. The molecule has 34 heavy (non-hydrogen) atoms. The van der Waals surface area contributed by atoms with Crippen LogP contribution in [0.1, 0.15) is 24.2 Å². The lowest BCUT2D eigenvalue weighted by molar-refractivity contribution is -0.113. The lowest BCUT2D eigenvalue weighted by Gasteiger charge is -2.18. The normalized spacial score (nSPS) is 10.8. The first-order chi connectivity index (χ1) is 16.6. The molecule has 7 nitrogen and oxygen atoms in total. The van der Waals surface area contributed by atoms with Crippen LogP contribution in [0.2, 0.25) is 0 Å². The number of thiophene rings is 1. The van der Waals surface area contributed by atoms with Crippen LogP contribution in [0.15, 0.2) is 77.3 Å². The summed E-state index contributed by atoms with van der Waals surface area (Å²) < 4.78 is 1.97. The maximum atomic E-state index is 12.6. The first kappa shape index (κ1) is 23.7. The molecule has 2 heterocycles. The highest BCUT2D eigenvalue weighted by Crippen LogP contribution is 2.30. The number of benzene rings is 2. The number of nitrogens with one attached hydrogen (secondary N) is 1. The van der Waals surface area contributed by atoms with Crippen LogP contribution in [0.5, 0.6) is 0 Å². The Labute approximate surface area is 206 Å². The minimum atomic E-state index is -0.159. The summed E-state index contributed by atoms with van der Waals surface area (Å²) in [5.74, 6) is 0.751. The number of rotatable bonds is 9. The average molecular weight is 492 g/mol. The van der Waals surface area contributed by atoms with Crippen molar-refractivity contribution in [3.05, 3.63) is 77.7 Å². The molecule has 0 radical (unpaired) electrons. The van der Waals surface area contributed by atoms with Gasteiger partial charge in [-0.25, -0.2) is 0 Å². The molecule has 9 heteroatoms. The van der Waals surface area contributed by atoms with Crippen molar-refractivity contribution < 1.29 is 9.59 Å². The molecule has 0 saturated carbocycles. The zero-order valence-corrected chi connectivity index (χ0v) is 20.6. The molecule has 174 valence electrons. The van der Waals surface area contributed by atoms with E-state index in [4.69, 9.17) is 0 Å². The van der Waals surface area contributed by atoms with Crippen LogP contribution in [0.3, 0.4) is 0 Å². The second kappa shape index (κ2) is 11.1. The summed E-state index contributed by atoms with van der Waals surface area (Å²) in [6, 6.07) is 20.8. The van der Waals surface area contributed by atoms with Crippen LogP contribution in [0, 0.1) is 0 Å². The summed E-state index contributed by atoms with van der Waals surface area (Å²) in [7, 11) is 0. The van der Waals surface area contributed by atoms with Gasteiger partial charge in [0.15, 0.2) is 11.0 Å². The lowest BCUT2D eigenvalue weighted by Crippen LogP contribution is -2.30. The van der Waals surface area contributed by atoms with E-state index in [1.165, 1.54) is 11.8 Å². The van der Waals surface area contributed by atoms with Gasteiger partial charge in [-0.3, -0.25) is 14.2 Å². The first-order valence-electron chi connectivity index (χ1n) is 11.0. The fourth-order valence-corrected chi connectivity index (χ4v) is 4.91. The summed E-state index contributed by atoms with van der Waals surface area (Å²) in [4.78, 5) is 27.9. The standard InChI is InChI=1S/C25H25N5O2S2/c1-3-29(4-2)24(32)18-12-14-19(15-13-18)26-22(31)17-34-25-28-27-23(21-11-8-16-33-21)30(25)20-9-6-5-7-10-20/h5-16H,3-4,17H2,1-2H3,(H,26,31). The third kappa shape index (κ3) is 5.37. The van der Waals surface area contributed by atoms with Crippen molar-refractivity contribution in [1.82, 2.24) is 19.7 Å². The number of carbonyl (C=O) groups excluding carboxylic acids is 2. The van der Waals surface area contributed by atoms with Gasteiger partial charge in [-0.2, -0.15) is 0 Å². The Morgan fingerprint density at radius 3 is 2.35 bits per heavy atom. The van der Waals surface area contributed by atoms with Crippen LogP contribution in [0.4, 0.5) is 5.69 Å². The van der Waals surface area contributed by atoms with E-state index in [9.17, 15) is 9.59 Å². The van der Waals surface area contributed by atoms with Gasteiger partial charge in [0, 0.05) is 30.0 Å². The maximum Gasteiger partial charge on any atom is 0.253 e. The van der Waals surface area contributed by atoms with Crippen LogP contribution in [0.25, 0.3) is 16.4 Å². The molecule has 0 fully saturated rings. The van der Waals surface area contributed by atoms with Gasteiger partial charge in [0.05, 0.1) is 10.6 Å². The highest BCUT2D eigenvalue weighted by atomic mass is 32.2. The number of carbonyl (C=O) groups is 2. The van der Waals surface area contributed by atoms with Gasteiger partial charge in [-0.15, -0.1) is 21.5 Å². The lowest BCUT2D eigenvalue weighted by atomic mass is 10.2. The number of hydrogen-bond acceptors (Lipinski definition) is 6. The van der Waals surface area contributed by atoms with Gasteiger partial charge in [-0.1, -0.05) is 36.0 Å². The molecule has 0 unspecified atom stereocenters. The van der Waals surface area contributed by atoms with Crippen molar-refractivity contribution in [1.29, 1.82) is 0 Å². The van der Waals surface area contributed by atoms with E-state index < -0.39 is 0 Å². The number of nitrogens with zero attached hydrogens (tertiary/aromatic N) is 4. The minimum Gasteiger partial charge on any atom is -0.339 e. The topological polar surface area (TPSA) is 80.1 Å². The van der Waals surface area contributed by atoms with Crippen molar-refractivity contribution in [3.8, 4) is 16.4 Å². The summed E-state index contributed by atoms with van der Waals surface area (Å²) in [5, 5.41) is 14.3. The molecule has 0 aliphatic heterocycles. The number of para-hydroxylation sites is 1. The van der Waals surface area contributed by atoms with E-state index in [0.717, 1.165) is 16.4 Å². The highest BCUT2D eigenvalue weighted by molar-refractivity contribution is 7.99. The maximum absolute atomic E-state index is 12.6. The van der Waals surface area contributed by atoms with Gasteiger partial charge in [0.2, 0.25) is 5.91 Å². The Hall–Kier alpha value is -3.43. The number of thioether (sulfide) groups is 1. The molecule has 0 bridgehead atoms. The molecular formula is C25H25N5O2S2. The quantitative estimate of drug-likeness (QED) is 0.325. The summed E-state index contributed by atoms with van der Waals surface area (Å²) in [6.45, 7) is 5.23. The third-order valence-corrected chi connectivity index (χ3v) is 6.98. The second-order valence-corrected chi connectivity index (χ2v) is 9.24. The van der Waals surface area contributed by atoms with Gasteiger partial charge in [0.1, 0.15) is 0 Å². The molecule has 1 N–H and O–H groups in total. The van der Waals surface area contributed by atoms with E-state index in [1.807, 2.05) is 66.3 Å². The van der Waals surface area contributed by atoms with Crippen molar-refractivity contribution >= 4 is 40.6 Å². The van der Waals surface area contributed by atoms with Crippen LogP contribution in [-0.2, 0) is 4.79 Å². The summed E-state index contributed by atoms with van der Waals surface area (Å²) in [5.41, 5.74) is 2.19. The zero-order valence-electron chi connectivity index (χ0n) is 19.0. The number of aromatic nitrogens is 3. The zero-order chi connectivity index (χ0) is 23.9. The fourth-order valence-electron chi connectivity index (χ4n) is 3.46. The molecule has 4 aromatic rings. The SMILES string of the molecule is CCN(CC)C(=O)c1ccc(NC(=O)CSc2nnc(-c3cccs3)n2-c2ccccc2)cc1. The van der Waals surface area contributed by atoms with E-state index >= 15 is 0 Å². The molecule has 4 rings (SSSR count). The molecule has 2 aromatic heterocycles. The van der Waals surface area contributed by atoms with E-state index in [-0.39, 0.29) is 17.6 Å². The van der Waals surface area contributed by atoms with Gasteiger partial charge >= 0.3 is 0 Å². The fraction of sp³-hybridized carbons (Fsp3) is 0.200. The van der Waals surface area contributed by atoms with Crippen molar-refractivity contribution in [2.75, 3.05) is 24.2 Å². The Morgan fingerprint density at radius 1 is 0.971 bits per heavy atom. The second-order valence-electron chi connectivity index (χ2n) is 7.35. The average Bonchev–Trinajstić information content (AvgIpc) is 3.54. The predicted molar refractivity (Wildman–Crippen MR) is 138 cm³/mol.